The SMILES string of the molecule is CC.CN1CCSC(C)(C)C1. The molecule has 1 rings (SSSR count). The zero-order valence-corrected chi connectivity index (χ0v) is 9.29. The Morgan fingerprint density at radius 2 is 1.82 bits per heavy atom. The fraction of sp³-hybridized carbons (Fsp3) is 1.00. The van der Waals surface area contributed by atoms with Crippen LogP contribution in [0.2, 0.25) is 0 Å². The van der Waals surface area contributed by atoms with Crippen molar-refractivity contribution in [2.24, 2.45) is 0 Å². The van der Waals surface area contributed by atoms with Crippen molar-refractivity contribution < 1.29 is 0 Å². The maximum absolute atomic E-state index is 2.40. The van der Waals surface area contributed by atoms with Gasteiger partial charge in [0.15, 0.2) is 0 Å². The van der Waals surface area contributed by atoms with E-state index in [4.69, 9.17) is 0 Å². The predicted molar refractivity (Wildman–Crippen MR) is 55.4 cm³/mol. The summed E-state index contributed by atoms with van der Waals surface area (Å²) in [5.41, 5.74) is 0. The number of hydrogen-bond acceptors (Lipinski definition) is 2. The number of rotatable bonds is 0. The Balaban J connectivity index is 0.000000461. The molecule has 0 unspecified atom stereocenters. The van der Waals surface area contributed by atoms with Crippen molar-refractivity contribution in [2.75, 3.05) is 25.9 Å². The molecule has 2 heteroatoms. The minimum atomic E-state index is 0.493. The second-order valence-electron chi connectivity index (χ2n) is 3.35. The summed E-state index contributed by atoms with van der Waals surface area (Å²) in [5.74, 6) is 1.30. The zero-order valence-electron chi connectivity index (χ0n) is 8.48. The minimum absolute atomic E-state index is 0.493. The zero-order chi connectivity index (χ0) is 8.91. The fourth-order valence-electron chi connectivity index (χ4n) is 1.25. The van der Waals surface area contributed by atoms with Gasteiger partial charge in [0, 0.05) is 23.6 Å². The van der Waals surface area contributed by atoms with Crippen LogP contribution in [-0.4, -0.2) is 35.5 Å². The molecule has 0 spiro atoms. The summed E-state index contributed by atoms with van der Waals surface area (Å²) in [4.78, 5) is 2.40. The average molecular weight is 175 g/mol. The van der Waals surface area contributed by atoms with Gasteiger partial charge in [0.05, 0.1) is 0 Å². The van der Waals surface area contributed by atoms with Crippen LogP contribution in [-0.2, 0) is 0 Å². The molecule has 1 saturated heterocycles. The molecule has 0 N–H and O–H groups in total. The molecule has 1 aliphatic rings. The van der Waals surface area contributed by atoms with Gasteiger partial charge in [-0.3, -0.25) is 0 Å². The molecule has 0 saturated carbocycles. The maximum Gasteiger partial charge on any atom is 0.0231 e. The van der Waals surface area contributed by atoms with Crippen molar-refractivity contribution in [3.8, 4) is 0 Å². The van der Waals surface area contributed by atoms with Gasteiger partial charge < -0.3 is 4.90 Å². The molecule has 68 valence electrons. The van der Waals surface area contributed by atoms with E-state index < -0.39 is 0 Å². The molecule has 0 radical (unpaired) electrons. The van der Waals surface area contributed by atoms with Gasteiger partial charge in [-0.05, 0) is 20.9 Å². The Morgan fingerprint density at radius 3 is 2.09 bits per heavy atom. The van der Waals surface area contributed by atoms with E-state index in [9.17, 15) is 0 Å². The molecule has 0 aliphatic carbocycles. The lowest BCUT2D eigenvalue weighted by Crippen LogP contribution is -2.40. The minimum Gasteiger partial charge on any atom is -0.304 e. The lowest BCUT2D eigenvalue weighted by molar-refractivity contribution is 0.316. The summed E-state index contributed by atoms with van der Waals surface area (Å²) in [6.07, 6.45) is 0. The summed E-state index contributed by atoms with van der Waals surface area (Å²) in [6.45, 7) is 11.1. The lowest BCUT2D eigenvalue weighted by Gasteiger charge is -2.35. The molecular weight excluding hydrogens is 154 g/mol. The van der Waals surface area contributed by atoms with Crippen LogP contribution in [0, 0.1) is 0 Å². The van der Waals surface area contributed by atoms with Gasteiger partial charge in [0.2, 0.25) is 0 Å². The third-order valence-corrected chi connectivity index (χ3v) is 2.91. The Morgan fingerprint density at radius 1 is 1.27 bits per heavy atom. The largest absolute Gasteiger partial charge is 0.304 e. The highest BCUT2D eigenvalue weighted by Crippen LogP contribution is 2.28. The van der Waals surface area contributed by atoms with Crippen LogP contribution in [0.15, 0.2) is 0 Å². The molecule has 0 aromatic rings. The van der Waals surface area contributed by atoms with E-state index in [1.165, 1.54) is 18.8 Å². The molecule has 1 nitrogen and oxygen atoms in total. The van der Waals surface area contributed by atoms with E-state index in [0.717, 1.165) is 0 Å². The molecule has 1 heterocycles. The van der Waals surface area contributed by atoms with Gasteiger partial charge >= 0.3 is 0 Å². The van der Waals surface area contributed by atoms with Crippen LogP contribution in [0.5, 0.6) is 0 Å². The lowest BCUT2D eigenvalue weighted by atomic mass is 10.2. The predicted octanol–water partition coefficient (Wildman–Crippen LogP) is 2.47. The third kappa shape index (κ3) is 4.70. The Labute approximate surface area is 75.5 Å². The molecule has 0 amide bonds. The first-order valence-corrected chi connectivity index (χ1v) is 5.41. The van der Waals surface area contributed by atoms with E-state index in [2.05, 4.69) is 37.6 Å². The molecule has 0 atom stereocenters. The van der Waals surface area contributed by atoms with Crippen LogP contribution >= 0.6 is 11.8 Å². The van der Waals surface area contributed by atoms with Crippen molar-refractivity contribution in [1.82, 2.24) is 4.90 Å². The van der Waals surface area contributed by atoms with Crippen molar-refractivity contribution in [2.45, 2.75) is 32.4 Å². The number of hydrogen-bond donors (Lipinski definition) is 0. The quantitative estimate of drug-likeness (QED) is 0.556. The van der Waals surface area contributed by atoms with Gasteiger partial charge in [0.25, 0.3) is 0 Å². The van der Waals surface area contributed by atoms with Gasteiger partial charge in [-0.15, -0.1) is 0 Å². The van der Waals surface area contributed by atoms with Gasteiger partial charge in [-0.2, -0.15) is 11.8 Å². The molecule has 1 aliphatic heterocycles. The highest BCUT2D eigenvalue weighted by molar-refractivity contribution is 8.00. The average Bonchev–Trinajstić information content (AvgIpc) is 1.89. The first-order valence-electron chi connectivity index (χ1n) is 4.43. The second-order valence-corrected chi connectivity index (χ2v) is 5.15. The van der Waals surface area contributed by atoms with Crippen molar-refractivity contribution in [3.63, 3.8) is 0 Å². The number of thioether (sulfide) groups is 1. The van der Waals surface area contributed by atoms with E-state index in [0.29, 0.717) is 4.75 Å². The van der Waals surface area contributed by atoms with Gasteiger partial charge in [-0.25, -0.2) is 0 Å². The van der Waals surface area contributed by atoms with Crippen LogP contribution in [0.4, 0.5) is 0 Å². The van der Waals surface area contributed by atoms with Crippen LogP contribution in [0.25, 0.3) is 0 Å². The summed E-state index contributed by atoms with van der Waals surface area (Å²) in [7, 11) is 2.20. The molecule has 0 bridgehead atoms. The second kappa shape index (κ2) is 5.04. The van der Waals surface area contributed by atoms with Gasteiger partial charge in [-0.1, -0.05) is 13.8 Å². The summed E-state index contributed by atoms with van der Waals surface area (Å²) < 4.78 is 0.493. The Bertz CT molecular complexity index is 102. The summed E-state index contributed by atoms with van der Waals surface area (Å²) in [5, 5.41) is 0. The molecule has 0 aromatic carbocycles. The van der Waals surface area contributed by atoms with E-state index in [1.54, 1.807) is 0 Å². The number of nitrogens with zero attached hydrogens (tertiary/aromatic N) is 1. The van der Waals surface area contributed by atoms with Crippen molar-refractivity contribution in [1.29, 1.82) is 0 Å². The van der Waals surface area contributed by atoms with Crippen LogP contribution in [0.3, 0.4) is 0 Å². The third-order valence-electron chi connectivity index (χ3n) is 1.62. The van der Waals surface area contributed by atoms with Crippen molar-refractivity contribution in [3.05, 3.63) is 0 Å². The fourth-order valence-corrected chi connectivity index (χ4v) is 2.52. The van der Waals surface area contributed by atoms with Crippen LogP contribution in [0.1, 0.15) is 27.7 Å². The first-order chi connectivity index (χ1) is 5.10. The first kappa shape index (κ1) is 11.3. The standard InChI is InChI=1S/C7H15NS.C2H6/c1-7(2)6-8(3)4-5-9-7;1-2/h4-6H2,1-3H3;1-2H3. The van der Waals surface area contributed by atoms with E-state index >= 15 is 0 Å². The van der Waals surface area contributed by atoms with Crippen molar-refractivity contribution >= 4 is 11.8 Å². The topological polar surface area (TPSA) is 3.24 Å². The highest BCUT2D eigenvalue weighted by atomic mass is 32.2. The molecule has 0 aromatic heterocycles. The van der Waals surface area contributed by atoms with Gasteiger partial charge in [0.1, 0.15) is 0 Å². The Hall–Kier alpha value is 0.310. The molecule has 11 heavy (non-hydrogen) atoms. The van der Waals surface area contributed by atoms with E-state index in [-0.39, 0.29) is 0 Å². The van der Waals surface area contributed by atoms with E-state index in [1.807, 2.05) is 13.8 Å². The summed E-state index contributed by atoms with van der Waals surface area (Å²) >= 11 is 2.08. The normalized spacial score (nSPS) is 23.7. The molecule has 1 fully saturated rings. The Kier molecular flexibility index (Phi) is 5.19. The van der Waals surface area contributed by atoms with Crippen LogP contribution < -0.4 is 0 Å². The maximum atomic E-state index is 2.40. The summed E-state index contributed by atoms with van der Waals surface area (Å²) in [6, 6.07) is 0. The highest BCUT2D eigenvalue weighted by Gasteiger charge is 2.24. The smallest absolute Gasteiger partial charge is 0.0231 e. The molecular formula is C9H21NS. The monoisotopic (exact) mass is 175 g/mol.